The second kappa shape index (κ2) is 6.99. The monoisotopic (exact) mass is 347 g/mol. The second-order valence-corrected chi connectivity index (χ2v) is 6.43. The van der Waals surface area contributed by atoms with Crippen LogP contribution in [-0.4, -0.2) is 6.10 Å². The number of hydrogen-bond donors (Lipinski definition) is 1. The lowest BCUT2D eigenvalue weighted by Gasteiger charge is -2.14. The number of halogens is 1. The average molecular weight is 348 g/mol. The molecule has 21 heavy (non-hydrogen) atoms. The summed E-state index contributed by atoms with van der Waals surface area (Å²) < 4.78 is 6.86. The Morgan fingerprint density at radius 2 is 1.81 bits per heavy atom. The molecule has 3 heteroatoms. The molecule has 0 unspecified atom stereocenters. The van der Waals surface area contributed by atoms with Crippen molar-refractivity contribution in [3.8, 4) is 5.75 Å². The predicted molar refractivity (Wildman–Crippen MR) is 93.1 cm³/mol. The van der Waals surface area contributed by atoms with Crippen LogP contribution in [0.5, 0.6) is 5.75 Å². The first-order valence-electron chi connectivity index (χ1n) is 7.22. The van der Waals surface area contributed by atoms with Crippen molar-refractivity contribution in [3.63, 3.8) is 0 Å². The highest BCUT2D eigenvalue weighted by Crippen LogP contribution is 2.23. The molecule has 2 rings (SSSR count). The van der Waals surface area contributed by atoms with E-state index in [0.29, 0.717) is 0 Å². The topological polar surface area (TPSA) is 21.3 Å². The van der Waals surface area contributed by atoms with Gasteiger partial charge in [-0.1, -0.05) is 28.1 Å². The molecule has 0 saturated carbocycles. The fourth-order valence-corrected chi connectivity index (χ4v) is 2.55. The van der Waals surface area contributed by atoms with Crippen molar-refractivity contribution < 1.29 is 4.74 Å². The zero-order valence-electron chi connectivity index (χ0n) is 13.0. The van der Waals surface area contributed by atoms with E-state index in [1.807, 2.05) is 19.9 Å². The molecular weight excluding hydrogens is 326 g/mol. The Morgan fingerprint density at radius 3 is 2.43 bits per heavy atom. The van der Waals surface area contributed by atoms with Gasteiger partial charge < -0.3 is 10.1 Å². The highest BCUT2D eigenvalue weighted by Gasteiger charge is 2.03. The van der Waals surface area contributed by atoms with Gasteiger partial charge in [-0.3, -0.25) is 0 Å². The molecule has 0 saturated heterocycles. The Labute approximate surface area is 135 Å². The standard InChI is InChI=1S/C18H22BrNO/c1-12(2)21-16-7-8-18(14(4)9-16)20-11-15-6-5-13(3)17(19)10-15/h5-10,12,20H,11H2,1-4H3. The van der Waals surface area contributed by atoms with Crippen molar-refractivity contribution in [1.82, 2.24) is 0 Å². The van der Waals surface area contributed by atoms with E-state index in [-0.39, 0.29) is 6.10 Å². The minimum Gasteiger partial charge on any atom is -0.491 e. The van der Waals surface area contributed by atoms with E-state index in [0.717, 1.165) is 22.5 Å². The number of benzene rings is 2. The van der Waals surface area contributed by atoms with Crippen molar-refractivity contribution in [3.05, 3.63) is 57.6 Å². The summed E-state index contributed by atoms with van der Waals surface area (Å²) in [5.41, 5.74) is 4.85. The average Bonchev–Trinajstić information content (AvgIpc) is 2.41. The Balaban J connectivity index is 2.04. The number of ether oxygens (including phenoxy) is 1. The molecular formula is C18H22BrNO. The molecule has 0 radical (unpaired) electrons. The quantitative estimate of drug-likeness (QED) is 0.774. The fraction of sp³-hybridized carbons (Fsp3) is 0.333. The first-order chi connectivity index (χ1) is 9.95. The van der Waals surface area contributed by atoms with Gasteiger partial charge in [0.1, 0.15) is 5.75 Å². The van der Waals surface area contributed by atoms with Crippen LogP contribution in [0.1, 0.15) is 30.5 Å². The Morgan fingerprint density at radius 1 is 1.05 bits per heavy atom. The zero-order chi connectivity index (χ0) is 15.4. The van der Waals surface area contributed by atoms with Crippen molar-refractivity contribution in [2.24, 2.45) is 0 Å². The van der Waals surface area contributed by atoms with E-state index in [1.165, 1.54) is 16.7 Å². The molecule has 0 amide bonds. The summed E-state index contributed by atoms with van der Waals surface area (Å²) in [5, 5.41) is 3.48. The minimum absolute atomic E-state index is 0.202. The number of nitrogens with one attached hydrogen (secondary N) is 1. The lowest BCUT2D eigenvalue weighted by molar-refractivity contribution is 0.242. The molecule has 0 aliphatic rings. The normalized spacial score (nSPS) is 10.8. The van der Waals surface area contributed by atoms with Gasteiger partial charge in [0.15, 0.2) is 0 Å². The molecule has 0 atom stereocenters. The third-order valence-electron chi connectivity index (χ3n) is 3.29. The van der Waals surface area contributed by atoms with Gasteiger partial charge in [-0.2, -0.15) is 0 Å². The maximum Gasteiger partial charge on any atom is 0.120 e. The lowest BCUT2D eigenvalue weighted by atomic mass is 10.1. The summed E-state index contributed by atoms with van der Waals surface area (Å²) in [5.74, 6) is 0.922. The molecule has 0 fully saturated rings. The Hall–Kier alpha value is -1.48. The number of aryl methyl sites for hydroxylation is 2. The second-order valence-electron chi connectivity index (χ2n) is 5.58. The van der Waals surface area contributed by atoms with E-state index in [2.05, 4.69) is 65.4 Å². The SMILES string of the molecule is Cc1ccc(CNc2ccc(OC(C)C)cc2C)cc1Br. The zero-order valence-corrected chi connectivity index (χ0v) is 14.6. The maximum atomic E-state index is 5.71. The van der Waals surface area contributed by atoms with Gasteiger partial charge in [-0.15, -0.1) is 0 Å². The molecule has 2 aromatic rings. The molecule has 0 aromatic heterocycles. The van der Waals surface area contributed by atoms with Crippen LogP contribution < -0.4 is 10.1 Å². The smallest absolute Gasteiger partial charge is 0.120 e. The highest BCUT2D eigenvalue weighted by atomic mass is 79.9. The van der Waals surface area contributed by atoms with Gasteiger partial charge in [0, 0.05) is 16.7 Å². The van der Waals surface area contributed by atoms with Gasteiger partial charge in [0.25, 0.3) is 0 Å². The number of hydrogen-bond acceptors (Lipinski definition) is 2. The van der Waals surface area contributed by atoms with Crippen LogP contribution >= 0.6 is 15.9 Å². The van der Waals surface area contributed by atoms with Gasteiger partial charge in [-0.25, -0.2) is 0 Å². The molecule has 2 nitrogen and oxygen atoms in total. The summed E-state index contributed by atoms with van der Waals surface area (Å²) >= 11 is 3.57. The molecule has 0 aliphatic heterocycles. The van der Waals surface area contributed by atoms with Crippen LogP contribution in [0.2, 0.25) is 0 Å². The molecule has 0 bridgehead atoms. The van der Waals surface area contributed by atoms with E-state index in [9.17, 15) is 0 Å². The predicted octanol–water partition coefficient (Wildman–Crippen LogP) is 5.47. The maximum absolute atomic E-state index is 5.71. The van der Waals surface area contributed by atoms with Gasteiger partial charge in [-0.05, 0) is 68.7 Å². The first-order valence-corrected chi connectivity index (χ1v) is 8.01. The Kier molecular flexibility index (Phi) is 5.29. The summed E-state index contributed by atoms with van der Waals surface area (Å²) in [7, 11) is 0. The molecule has 0 aliphatic carbocycles. The lowest BCUT2D eigenvalue weighted by Crippen LogP contribution is -2.06. The first kappa shape index (κ1) is 15.9. The molecule has 2 aromatic carbocycles. The van der Waals surface area contributed by atoms with Crippen molar-refractivity contribution >= 4 is 21.6 Å². The minimum atomic E-state index is 0.202. The van der Waals surface area contributed by atoms with Crippen LogP contribution in [0.3, 0.4) is 0 Å². The summed E-state index contributed by atoms with van der Waals surface area (Å²) in [4.78, 5) is 0. The molecule has 0 heterocycles. The van der Waals surface area contributed by atoms with Crippen LogP contribution in [0.15, 0.2) is 40.9 Å². The van der Waals surface area contributed by atoms with Crippen LogP contribution in [0.4, 0.5) is 5.69 Å². The van der Waals surface area contributed by atoms with Crippen molar-refractivity contribution in [2.45, 2.75) is 40.3 Å². The summed E-state index contributed by atoms with van der Waals surface area (Å²) in [6.07, 6.45) is 0.202. The van der Waals surface area contributed by atoms with Crippen LogP contribution in [0.25, 0.3) is 0 Å². The molecule has 1 N–H and O–H groups in total. The third-order valence-corrected chi connectivity index (χ3v) is 4.14. The van der Waals surface area contributed by atoms with E-state index in [4.69, 9.17) is 4.74 Å². The third kappa shape index (κ3) is 4.50. The molecule has 0 spiro atoms. The van der Waals surface area contributed by atoms with Crippen LogP contribution in [-0.2, 0) is 6.54 Å². The summed E-state index contributed by atoms with van der Waals surface area (Å²) in [6, 6.07) is 12.6. The fourth-order valence-electron chi connectivity index (χ4n) is 2.12. The van der Waals surface area contributed by atoms with Crippen LogP contribution in [0, 0.1) is 13.8 Å². The Bertz CT molecular complexity index is 623. The number of rotatable bonds is 5. The van der Waals surface area contributed by atoms with Gasteiger partial charge in [0.05, 0.1) is 6.10 Å². The van der Waals surface area contributed by atoms with Crippen molar-refractivity contribution in [2.75, 3.05) is 5.32 Å². The van der Waals surface area contributed by atoms with E-state index < -0.39 is 0 Å². The highest BCUT2D eigenvalue weighted by molar-refractivity contribution is 9.10. The summed E-state index contributed by atoms with van der Waals surface area (Å²) in [6.45, 7) is 9.08. The number of anilines is 1. The van der Waals surface area contributed by atoms with Gasteiger partial charge in [0.2, 0.25) is 0 Å². The van der Waals surface area contributed by atoms with E-state index in [1.54, 1.807) is 0 Å². The van der Waals surface area contributed by atoms with Crippen molar-refractivity contribution in [1.29, 1.82) is 0 Å². The van der Waals surface area contributed by atoms with E-state index >= 15 is 0 Å². The van der Waals surface area contributed by atoms with Gasteiger partial charge >= 0.3 is 0 Å². The molecule has 112 valence electrons. The largest absolute Gasteiger partial charge is 0.491 e.